The Bertz CT molecular complexity index is 433. The molecule has 0 saturated heterocycles. The van der Waals surface area contributed by atoms with Gasteiger partial charge in [0.15, 0.2) is 0 Å². The first-order valence-electron chi connectivity index (χ1n) is 4.30. The van der Waals surface area contributed by atoms with Crippen LogP contribution < -0.4 is 0 Å². The van der Waals surface area contributed by atoms with E-state index in [1.165, 1.54) is 23.5 Å². The quantitative estimate of drug-likeness (QED) is 0.689. The molecule has 1 atom stereocenters. The zero-order chi connectivity index (χ0) is 10.8. The number of hydrogen-bond acceptors (Lipinski definition) is 1. The van der Waals surface area contributed by atoms with Gasteiger partial charge < -0.3 is 0 Å². The van der Waals surface area contributed by atoms with Gasteiger partial charge in [0.25, 0.3) is 0 Å². The number of hydrogen-bond donors (Lipinski definition) is 0. The Morgan fingerprint density at radius 3 is 2.33 bits per heavy atom. The fourth-order valence-electron chi connectivity index (χ4n) is 1.32. The molecule has 15 heavy (non-hydrogen) atoms. The van der Waals surface area contributed by atoms with Crippen LogP contribution in [0.25, 0.3) is 0 Å². The van der Waals surface area contributed by atoms with Gasteiger partial charge in [0, 0.05) is 10.9 Å². The SMILES string of the molecule is Fc1cc(F)cc(C(Cl)c2cccs2)c1. The van der Waals surface area contributed by atoms with Crippen LogP contribution in [0.15, 0.2) is 35.7 Å². The van der Waals surface area contributed by atoms with Crippen molar-refractivity contribution in [3.8, 4) is 0 Å². The van der Waals surface area contributed by atoms with Gasteiger partial charge >= 0.3 is 0 Å². The third kappa shape index (κ3) is 2.36. The summed E-state index contributed by atoms with van der Waals surface area (Å²) in [6, 6.07) is 7.03. The smallest absolute Gasteiger partial charge is 0.126 e. The van der Waals surface area contributed by atoms with Crippen molar-refractivity contribution in [1.82, 2.24) is 0 Å². The lowest BCUT2D eigenvalue weighted by Crippen LogP contribution is -1.93. The summed E-state index contributed by atoms with van der Waals surface area (Å²) in [6.45, 7) is 0. The van der Waals surface area contributed by atoms with Crippen LogP contribution in [0.5, 0.6) is 0 Å². The van der Waals surface area contributed by atoms with Gasteiger partial charge in [-0.1, -0.05) is 6.07 Å². The van der Waals surface area contributed by atoms with E-state index in [1.54, 1.807) is 0 Å². The van der Waals surface area contributed by atoms with E-state index >= 15 is 0 Å². The molecule has 0 nitrogen and oxygen atoms in total. The summed E-state index contributed by atoms with van der Waals surface area (Å²) in [5.41, 5.74) is 0.441. The van der Waals surface area contributed by atoms with Crippen molar-refractivity contribution in [2.45, 2.75) is 5.38 Å². The van der Waals surface area contributed by atoms with Crippen molar-refractivity contribution in [1.29, 1.82) is 0 Å². The highest BCUT2D eigenvalue weighted by Crippen LogP contribution is 2.32. The first kappa shape index (κ1) is 10.6. The third-order valence-corrected chi connectivity index (χ3v) is 3.52. The Balaban J connectivity index is 2.37. The highest BCUT2D eigenvalue weighted by molar-refractivity contribution is 7.10. The van der Waals surface area contributed by atoms with Crippen molar-refractivity contribution >= 4 is 22.9 Å². The van der Waals surface area contributed by atoms with Gasteiger partial charge in [-0.05, 0) is 29.1 Å². The summed E-state index contributed by atoms with van der Waals surface area (Å²) in [4.78, 5) is 0.877. The van der Waals surface area contributed by atoms with Crippen LogP contribution >= 0.6 is 22.9 Å². The number of halogens is 3. The summed E-state index contributed by atoms with van der Waals surface area (Å²) in [5, 5.41) is 1.38. The molecular weight excluding hydrogens is 238 g/mol. The molecular formula is C11H7ClF2S. The Hall–Kier alpha value is -0.930. The fraction of sp³-hybridized carbons (Fsp3) is 0.0909. The minimum absolute atomic E-state index is 0.441. The van der Waals surface area contributed by atoms with Crippen LogP contribution in [0.2, 0.25) is 0 Å². The molecule has 2 aromatic rings. The van der Waals surface area contributed by atoms with E-state index < -0.39 is 17.0 Å². The van der Waals surface area contributed by atoms with Crippen LogP contribution in [0.4, 0.5) is 8.78 Å². The van der Waals surface area contributed by atoms with Crippen molar-refractivity contribution in [3.05, 3.63) is 57.8 Å². The standard InChI is InChI=1S/C11H7ClF2S/c12-11(10-2-1-3-15-10)7-4-8(13)6-9(14)5-7/h1-6,11H. The molecule has 0 aliphatic rings. The maximum absolute atomic E-state index is 12.9. The van der Waals surface area contributed by atoms with Gasteiger partial charge in [0.2, 0.25) is 0 Å². The Morgan fingerprint density at radius 1 is 1.13 bits per heavy atom. The summed E-state index contributed by atoms with van der Waals surface area (Å²) in [6.07, 6.45) is 0. The minimum atomic E-state index is -0.604. The van der Waals surface area contributed by atoms with E-state index in [0.717, 1.165) is 10.9 Å². The van der Waals surface area contributed by atoms with E-state index in [2.05, 4.69) is 0 Å². The Kier molecular flexibility index (Phi) is 3.03. The zero-order valence-electron chi connectivity index (χ0n) is 7.58. The average molecular weight is 245 g/mol. The van der Waals surface area contributed by atoms with E-state index in [4.69, 9.17) is 11.6 Å². The highest BCUT2D eigenvalue weighted by Gasteiger charge is 2.13. The third-order valence-electron chi connectivity index (χ3n) is 1.97. The molecule has 0 saturated carbocycles. The first-order valence-corrected chi connectivity index (χ1v) is 5.62. The molecule has 4 heteroatoms. The summed E-state index contributed by atoms with van der Waals surface area (Å²) in [5.74, 6) is -1.21. The minimum Gasteiger partial charge on any atom is -0.207 e. The highest BCUT2D eigenvalue weighted by atomic mass is 35.5. The molecule has 0 N–H and O–H groups in total. The maximum atomic E-state index is 12.9. The summed E-state index contributed by atoms with van der Waals surface area (Å²) >= 11 is 7.55. The molecule has 0 radical (unpaired) electrons. The van der Waals surface area contributed by atoms with Crippen LogP contribution in [0.1, 0.15) is 15.8 Å². The van der Waals surface area contributed by atoms with Crippen molar-refractivity contribution in [3.63, 3.8) is 0 Å². The topological polar surface area (TPSA) is 0 Å². The molecule has 0 fully saturated rings. The molecule has 0 bridgehead atoms. The number of alkyl halides is 1. The number of thiophene rings is 1. The first-order chi connectivity index (χ1) is 7.16. The molecule has 0 aliphatic heterocycles. The van der Waals surface area contributed by atoms with Crippen molar-refractivity contribution < 1.29 is 8.78 Å². The molecule has 0 aliphatic carbocycles. The summed E-state index contributed by atoms with van der Waals surface area (Å²) in [7, 11) is 0. The van der Waals surface area contributed by atoms with Gasteiger partial charge in [-0.2, -0.15) is 0 Å². The lowest BCUT2D eigenvalue weighted by atomic mass is 10.1. The zero-order valence-corrected chi connectivity index (χ0v) is 9.16. The van der Waals surface area contributed by atoms with E-state index in [9.17, 15) is 8.78 Å². The molecule has 78 valence electrons. The van der Waals surface area contributed by atoms with Crippen molar-refractivity contribution in [2.75, 3.05) is 0 Å². The van der Waals surface area contributed by atoms with Crippen LogP contribution in [0, 0.1) is 11.6 Å². The molecule has 1 aromatic heterocycles. The normalized spacial score (nSPS) is 12.7. The molecule has 2 rings (SSSR count). The van der Waals surface area contributed by atoms with Gasteiger partial charge in [0.1, 0.15) is 11.6 Å². The van der Waals surface area contributed by atoms with Gasteiger partial charge in [-0.3, -0.25) is 0 Å². The second-order valence-electron chi connectivity index (χ2n) is 3.08. The van der Waals surface area contributed by atoms with Crippen molar-refractivity contribution in [2.24, 2.45) is 0 Å². The van der Waals surface area contributed by atoms with E-state index in [-0.39, 0.29) is 0 Å². The van der Waals surface area contributed by atoms with Gasteiger partial charge in [0.05, 0.1) is 5.38 Å². The van der Waals surface area contributed by atoms with E-state index in [0.29, 0.717) is 5.56 Å². The molecule has 0 spiro atoms. The largest absolute Gasteiger partial charge is 0.207 e. The van der Waals surface area contributed by atoms with Crippen LogP contribution in [0.3, 0.4) is 0 Å². The number of rotatable bonds is 2. The monoisotopic (exact) mass is 244 g/mol. The van der Waals surface area contributed by atoms with E-state index in [1.807, 2.05) is 17.5 Å². The summed E-state index contributed by atoms with van der Waals surface area (Å²) < 4.78 is 25.9. The van der Waals surface area contributed by atoms with Gasteiger partial charge in [-0.15, -0.1) is 22.9 Å². The second kappa shape index (κ2) is 4.29. The molecule has 1 unspecified atom stereocenters. The number of benzene rings is 1. The average Bonchev–Trinajstić information content (AvgIpc) is 2.67. The Morgan fingerprint density at radius 2 is 1.80 bits per heavy atom. The lowest BCUT2D eigenvalue weighted by Gasteiger charge is -2.07. The Labute approximate surface area is 95.1 Å². The fourth-order valence-corrected chi connectivity index (χ4v) is 2.40. The lowest BCUT2D eigenvalue weighted by molar-refractivity contribution is 0.580. The molecule has 1 aromatic carbocycles. The maximum Gasteiger partial charge on any atom is 0.126 e. The molecule has 0 amide bonds. The predicted molar refractivity (Wildman–Crippen MR) is 58.4 cm³/mol. The van der Waals surface area contributed by atoms with Crippen LogP contribution in [-0.2, 0) is 0 Å². The van der Waals surface area contributed by atoms with Gasteiger partial charge in [-0.25, -0.2) is 8.78 Å². The molecule has 1 heterocycles. The van der Waals surface area contributed by atoms with Crippen LogP contribution in [-0.4, -0.2) is 0 Å². The second-order valence-corrected chi connectivity index (χ2v) is 4.50. The predicted octanol–water partition coefficient (Wildman–Crippen LogP) is 4.35.